The Labute approximate surface area is 130 Å². The molecule has 1 aromatic rings. The standard InChI is InChI=1S/C12H19N3OS.2ClH/c1-7-4-5-13-6-10(7)15-12(16)11-8(2)14-9(3)17-11;;/h7,10,13H,4-6H2,1-3H3,(H,15,16);2*1H. The summed E-state index contributed by atoms with van der Waals surface area (Å²) in [5, 5.41) is 7.37. The van der Waals surface area contributed by atoms with Crippen LogP contribution in [0, 0.1) is 19.8 Å². The van der Waals surface area contributed by atoms with E-state index in [1.807, 2.05) is 13.8 Å². The molecule has 0 aliphatic carbocycles. The lowest BCUT2D eigenvalue weighted by Gasteiger charge is -2.30. The fourth-order valence-electron chi connectivity index (χ4n) is 2.16. The minimum atomic E-state index is 0. The molecule has 2 heterocycles. The van der Waals surface area contributed by atoms with E-state index in [0.717, 1.165) is 35.1 Å². The number of thiazole rings is 1. The van der Waals surface area contributed by atoms with E-state index in [9.17, 15) is 4.79 Å². The van der Waals surface area contributed by atoms with Crippen molar-refractivity contribution in [1.29, 1.82) is 0 Å². The number of piperidine rings is 1. The third kappa shape index (κ3) is 4.60. The molecule has 1 aromatic heterocycles. The largest absolute Gasteiger partial charge is 0.347 e. The van der Waals surface area contributed by atoms with Gasteiger partial charge in [-0.1, -0.05) is 6.92 Å². The molecule has 0 spiro atoms. The average molecular weight is 326 g/mol. The number of amides is 1. The zero-order chi connectivity index (χ0) is 12.4. The first kappa shape index (κ1) is 18.6. The van der Waals surface area contributed by atoms with Gasteiger partial charge < -0.3 is 10.6 Å². The summed E-state index contributed by atoms with van der Waals surface area (Å²) >= 11 is 1.47. The molecule has 0 bridgehead atoms. The van der Waals surface area contributed by atoms with Gasteiger partial charge in [0.2, 0.25) is 0 Å². The van der Waals surface area contributed by atoms with Crippen molar-refractivity contribution in [3.05, 3.63) is 15.6 Å². The van der Waals surface area contributed by atoms with Gasteiger partial charge in [0.1, 0.15) is 4.88 Å². The maximum absolute atomic E-state index is 12.1. The summed E-state index contributed by atoms with van der Waals surface area (Å²) in [5.74, 6) is 0.558. The summed E-state index contributed by atoms with van der Waals surface area (Å²) in [5.41, 5.74) is 0.835. The highest BCUT2D eigenvalue weighted by Crippen LogP contribution is 2.18. The number of aromatic nitrogens is 1. The first-order valence-electron chi connectivity index (χ1n) is 6.03. The van der Waals surface area contributed by atoms with Gasteiger partial charge in [-0.05, 0) is 32.7 Å². The second kappa shape index (κ2) is 8.04. The van der Waals surface area contributed by atoms with E-state index in [0.29, 0.717) is 5.92 Å². The first-order chi connectivity index (χ1) is 8.08. The Bertz CT molecular complexity index is 425. The van der Waals surface area contributed by atoms with Gasteiger partial charge in [0.25, 0.3) is 5.91 Å². The highest BCUT2D eigenvalue weighted by Gasteiger charge is 2.24. The Morgan fingerprint density at radius 3 is 2.63 bits per heavy atom. The van der Waals surface area contributed by atoms with Crippen molar-refractivity contribution in [2.24, 2.45) is 5.92 Å². The van der Waals surface area contributed by atoms with Crippen LogP contribution < -0.4 is 10.6 Å². The van der Waals surface area contributed by atoms with Crippen LogP contribution in [0.25, 0.3) is 0 Å². The molecular formula is C12H21Cl2N3OS. The van der Waals surface area contributed by atoms with Crippen molar-refractivity contribution < 1.29 is 4.79 Å². The number of hydrogen-bond acceptors (Lipinski definition) is 4. The van der Waals surface area contributed by atoms with Gasteiger partial charge in [-0.2, -0.15) is 0 Å². The number of carbonyl (C=O) groups is 1. The molecule has 7 heteroatoms. The fourth-order valence-corrected chi connectivity index (χ4v) is 2.98. The van der Waals surface area contributed by atoms with Gasteiger partial charge in [-0.25, -0.2) is 4.98 Å². The number of carbonyl (C=O) groups excluding carboxylic acids is 1. The van der Waals surface area contributed by atoms with E-state index in [2.05, 4.69) is 22.5 Å². The summed E-state index contributed by atoms with van der Waals surface area (Å²) < 4.78 is 0. The van der Waals surface area contributed by atoms with E-state index in [4.69, 9.17) is 0 Å². The Morgan fingerprint density at radius 1 is 1.42 bits per heavy atom. The van der Waals surface area contributed by atoms with E-state index < -0.39 is 0 Å². The summed E-state index contributed by atoms with van der Waals surface area (Å²) in [6, 6.07) is 0.234. The van der Waals surface area contributed by atoms with Gasteiger partial charge in [0.05, 0.1) is 10.7 Å². The van der Waals surface area contributed by atoms with Gasteiger partial charge >= 0.3 is 0 Å². The van der Waals surface area contributed by atoms with E-state index in [1.54, 1.807) is 0 Å². The lowest BCUT2D eigenvalue weighted by molar-refractivity contribution is 0.0918. The molecule has 1 amide bonds. The molecule has 2 atom stereocenters. The molecule has 2 N–H and O–H groups in total. The molecule has 0 aromatic carbocycles. The van der Waals surface area contributed by atoms with E-state index >= 15 is 0 Å². The Kier molecular flexibility index (Phi) is 7.89. The van der Waals surface area contributed by atoms with Crippen LogP contribution in [0.3, 0.4) is 0 Å². The SMILES string of the molecule is Cc1nc(C)c(C(=O)NC2CNCCC2C)s1.Cl.Cl. The third-order valence-electron chi connectivity index (χ3n) is 3.25. The minimum absolute atomic E-state index is 0. The predicted octanol–water partition coefficient (Wildman–Crippen LogP) is 2.33. The molecular weight excluding hydrogens is 305 g/mol. The summed E-state index contributed by atoms with van der Waals surface area (Å²) in [7, 11) is 0. The fraction of sp³-hybridized carbons (Fsp3) is 0.667. The number of halogens is 2. The molecule has 4 nitrogen and oxygen atoms in total. The van der Waals surface area contributed by atoms with Crippen molar-refractivity contribution in [2.45, 2.75) is 33.2 Å². The van der Waals surface area contributed by atoms with Crippen LogP contribution in [0.2, 0.25) is 0 Å². The Morgan fingerprint density at radius 2 is 2.11 bits per heavy atom. The molecule has 19 heavy (non-hydrogen) atoms. The van der Waals surface area contributed by atoms with E-state index in [1.165, 1.54) is 11.3 Å². The number of hydrogen-bond donors (Lipinski definition) is 2. The lowest BCUT2D eigenvalue weighted by Crippen LogP contribution is -2.50. The smallest absolute Gasteiger partial charge is 0.263 e. The van der Waals surface area contributed by atoms with Crippen LogP contribution in [0.4, 0.5) is 0 Å². The van der Waals surface area contributed by atoms with Gasteiger partial charge in [-0.15, -0.1) is 36.2 Å². The highest BCUT2D eigenvalue weighted by molar-refractivity contribution is 7.13. The van der Waals surface area contributed by atoms with Gasteiger partial charge in [0, 0.05) is 12.6 Å². The predicted molar refractivity (Wildman–Crippen MR) is 84.0 cm³/mol. The van der Waals surface area contributed by atoms with Crippen molar-refractivity contribution >= 4 is 42.1 Å². The number of nitrogens with zero attached hydrogens (tertiary/aromatic N) is 1. The van der Waals surface area contributed by atoms with Gasteiger partial charge in [0.15, 0.2) is 0 Å². The molecule has 1 aliphatic rings. The Hall–Kier alpha value is -0.360. The summed E-state index contributed by atoms with van der Waals surface area (Å²) in [4.78, 5) is 17.2. The second-order valence-electron chi connectivity index (χ2n) is 4.70. The van der Waals surface area contributed by atoms with Crippen molar-refractivity contribution in [3.8, 4) is 0 Å². The molecule has 1 fully saturated rings. The third-order valence-corrected chi connectivity index (χ3v) is 4.33. The highest BCUT2D eigenvalue weighted by atomic mass is 35.5. The topological polar surface area (TPSA) is 54.0 Å². The monoisotopic (exact) mass is 325 g/mol. The van der Waals surface area contributed by atoms with Crippen molar-refractivity contribution in [3.63, 3.8) is 0 Å². The molecule has 2 rings (SSSR count). The normalized spacial score (nSPS) is 22.1. The molecule has 110 valence electrons. The van der Waals surface area contributed by atoms with Crippen LogP contribution in [-0.4, -0.2) is 30.0 Å². The number of rotatable bonds is 2. The zero-order valence-corrected chi connectivity index (χ0v) is 13.8. The van der Waals surface area contributed by atoms with Crippen LogP contribution in [-0.2, 0) is 0 Å². The molecule has 2 unspecified atom stereocenters. The van der Waals surface area contributed by atoms with Crippen LogP contribution in [0.15, 0.2) is 0 Å². The Balaban J connectivity index is 0.00000162. The maximum atomic E-state index is 12.1. The van der Waals surface area contributed by atoms with Crippen LogP contribution in [0.5, 0.6) is 0 Å². The lowest BCUT2D eigenvalue weighted by atomic mass is 9.95. The number of aryl methyl sites for hydroxylation is 2. The number of nitrogens with one attached hydrogen (secondary N) is 2. The molecule has 1 saturated heterocycles. The second-order valence-corrected chi connectivity index (χ2v) is 5.90. The summed E-state index contributed by atoms with van der Waals surface area (Å²) in [6.07, 6.45) is 1.12. The van der Waals surface area contributed by atoms with Gasteiger partial charge in [-0.3, -0.25) is 4.79 Å². The van der Waals surface area contributed by atoms with E-state index in [-0.39, 0.29) is 36.8 Å². The first-order valence-corrected chi connectivity index (χ1v) is 6.85. The average Bonchev–Trinajstić information content (AvgIpc) is 2.61. The molecule has 0 radical (unpaired) electrons. The van der Waals surface area contributed by atoms with Crippen molar-refractivity contribution in [1.82, 2.24) is 15.6 Å². The quantitative estimate of drug-likeness (QED) is 0.877. The zero-order valence-electron chi connectivity index (χ0n) is 11.4. The maximum Gasteiger partial charge on any atom is 0.263 e. The van der Waals surface area contributed by atoms with Crippen molar-refractivity contribution in [2.75, 3.05) is 13.1 Å². The minimum Gasteiger partial charge on any atom is -0.347 e. The van der Waals surface area contributed by atoms with Crippen LogP contribution in [0.1, 0.15) is 33.7 Å². The summed E-state index contributed by atoms with van der Waals surface area (Å²) in [6.45, 7) is 7.92. The molecule has 0 saturated carbocycles. The molecule has 1 aliphatic heterocycles. The van der Waals surface area contributed by atoms with Crippen LogP contribution >= 0.6 is 36.2 Å².